The van der Waals surface area contributed by atoms with E-state index in [9.17, 15) is 5.11 Å². The summed E-state index contributed by atoms with van der Waals surface area (Å²) in [5, 5.41) is 14.5. The van der Waals surface area contributed by atoms with Crippen LogP contribution in [0.5, 0.6) is 0 Å². The van der Waals surface area contributed by atoms with E-state index in [0.717, 1.165) is 28.0 Å². The number of rotatable bonds is 3. The number of thiophene rings is 1. The van der Waals surface area contributed by atoms with Crippen molar-refractivity contribution in [3.63, 3.8) is 0 Å². The van der Waals surface area contributed by atoms with E-state index in [1.165, 1.54) is 11.1 Å². The number of hydrogen-bond donors (Lipinski definition) is 1. The Hall–Kier alpha value is -2.43. The zero-order chi connectivity index (χ0) is 17.6. The standard InChI is InChI=1S/C21H20N2OS/c1-14-12-25-13-18(14)19-11-23-10-16(7-8-20(23)22-19)15-5-4-6-17(9-15)21(2,3)24/h4-13,24H,1-3H3. The third kappa shape index (κ3) is 2.99. The number of aromatic nitrogens is 2. The quantitative estimate of drug-likeness (QED) is 0.548. The van der Waals surface area contributed by atoms with E-state index in [1.54, 1.807) is 25.2 Å². The SMILES string of the molecule is Cc1cscc1-c1cn2cc(-c3cccc(C(C)(C)O)c3)ccc2n1. The van der Waals surface area contributed by atoms with E-state index in [1.807, 2.05) is 24.3 Å². The van der Waals surface area contributed by atoms with Gasteiger partial charge < -0.3 is 9.51 Å². The first-order valence-corrected chi connectivity index (χ1v) is 9.21. The maximum atomic E-state index is 10.3. The molecule has 4 rings (SSSR count). The van der Waals surface area contributed by atoms with Crippen LogP contribution in [-0.4, -0.2) is 14.5 Å². The molecule has 0 fully saturated rings. The first-order chi connectivity index (χ1) is 11.9. The Morgan fingerprint density at radius 2 is 1.88 bits per heavy atom. The van der Waals surface area contributed by atoms with Crippen molar-refractivity contribution in [3.8, 4) is 22.4 Å². The lowest BCUT2D eigenvalue weighted by atomic mass is 9.95. The number of nitrogens with zero attached hydrogens (tertiary/aromatic N) is 2. The molecule has 0 aliphatic rings. The molecule has 0 aliphatic heterocycles. The highest BCUT2D eigenvalue weighted by Crippen LogP contribution is 2.29. The smallest absolute Gasteiger partial charge is 0.137 e. The molecular weight excluding hydrogens is 328 g/mol. The van der Waals surface area contributed by atoms with Gasteiger partial charge in [-0.15, -0.1) is 0 Å². The van der Waals surface area contributed by atoms with Gasteiger partial charge in [0.1, 0.15) is 5.65 Å². The molecule has 1 N–H and O–H groups in total. The summed E-state index contributed by atoms with van der Waals surface area (Å²) >= 11 is 1.70. The minimum atomic E-state index is -0.848. The molecule has 3 heterocycles. The molecule has 0 atom stereocenters. The van der Waals surface area contributed by atoms with Gasteiger partial charge in [0, 0.05) is 23.3 Å². The molecule has 126 valence electrons. The van der Waals surface area contributed by atoms with Crippen LogP contribution < -0.4 is 0 Å². The predicted octanol–water partition coefficient (Wildman–Crippen LogP) is 5.27. The van der Waals surface area contributed by atoms with Gasteiger partial charge in [0.25, 0.3) is 0 Å². The summed E-state index contributed by atoms with van der Waals surface area (Å²) < 4.78 is 2.07. The Morgan fingerprint density at radius 3 is 2.60 bits per heavy atom. The van der Waals surface area contributed by atoms with Crippen molar-refractivity contribution in [2.24, 2.45) is 0 Å². The molecule has 0 saturated carbocycles. The topological polar surface area (TPSA) is 37.5 Å². The highest BCUT2D eigenvalue weighted by molar-refractivity contribution is 7.08. The van der Waals surface area contributed by atoms with Gasteiger partial charge in [-0.1, -0.05) is 18.2 Å². The van der Waals surface area contributed by atoms with Crippen LogP contribution in [0.1, 0.15) is 25.0 Å². The molecule has 3 aromatic heterocycles. The normalized spacial score (nSPS) is 12.0. The van der Waals surface area contributed by atoms with Crippen molar-refractivity contribution in [3.05, 3.63) is 70.7 Å². The summed E-state index contributed by atoms with van der Waals surface area (Å²) in [6.07, 6.45) is 4.17. The highest BCUT2D eigenvalue weighted by Gasteiger charge is 2.16. The Labute approximate surface area is 151 Å². The predicted molar refractivity (Wildman–Crippen MR) is 104 cm³/mol. The number of benzene rings is 1. The number of aliphatic hydroxyl groups is 1. The van der Waals surface area contributed by atoms with E-state index in [4.69, 9.17) is 4.98 Å². The fourth-order valence-corrected chi connectivity index (χ4v) is 3.84. The van der Waals surface area contributed by atoms with Crippen LogP contribution in [0.15, 0.2) is 59.6 Å². The largest absolute Gasteiger partial charge is 0.386 e. The van der Waals surface area contributed by atoms with Crippen LogP contribution in [-0.2, 0) is 5.60 Å². The first kappa shape index (κ1) is 16.1. The molecule has 3 nitrogen and oxygen atoms in total. The number of imidazole rings is 1. The van der Waals surface area contributed by atoms with E-state index in [2.05, 4.69) is 46.6 Å². The zero-order valence-corrected chi connectivity index (χ0v) is 15.3. The molecule has 4 heteroatoms. The van der Waals surface area contributed by atoms with Gasteiger partial charge in [-0.05, 0) is 66.6 Å². The lowest BCUT2D eigenvalue weighted by molar-refractivity contribution is 0.0786. The van der Waals surface area contributed by atoms with E-state index in [-0.39, 0.29) is 0 Å². The summed E-state index contributed by atoms with van der Waals surface area (Å²) in [5.74, 6) is 0. The second kappa shape index (κ2) is 5.83. The van der Waals surface area contributed by atoms with E-state index >= 15 is 0 Å². The number of pyridine rings is 1. The fraction of sp³-hybridized carbons (Fsp3) is 0.190. The molecule has 0 spiro atoms. The van der Waals surface area contributed by atoms with Gasteiger partial charge in [-0.3, -0.25) is 0 Å². The minimum absolute atomic E-state index is 0.848. The maximum absolute atomic E-state index is 10.3. The van der Waals surface area contributed by atoms with E-state index < -0.39 is 5.60 Å². The Bertz CT molecular complexity index is 1050. The molecular formula is C21H20N2OS. The molecule has 25 heavy (non-hydrogen) atoms. The first-order valence-electron chi connectivity index (χ1n) is 8.27. The van der Waals surface area contributed by atoms with Gasteiger partial charge in [-0.2, -0.15) is 11.3 Å². The zero-order valence-electron chi connectivity index (χ0n) is 14.5. The second-order valence-corrected chi connectivity index (χ2v) is 7.66. The highest BCUT2D eigenvalue weighted by atomic mass is 32.1. The molecule has 4 aromatic rings. The molecule has 0 radical (unpaired) electrons. The summed E-state index contributed by atoms with van der Waals surface area (Å²) in [6.45, 7) is 5.73. The van der Waals surface area contributed by atoms with Crippen LogP contribution in [0.4, 0.5) is 0 Å². The van der Waals surface area contributed by atoms with Gasteiger partial charge >= 0.3 is 0 Å². The summed E-state index contributed by atoms with van der Waals surface area (Å²) in [6, 6.07) is 12.2. The van der Waals surface area contributed by atoms with Crippen LogP contribution in [0.3, 0.4) is 0 Å². The summed E-state index contributed by atoms with van der Waals surface area (Å²) in [7, 11) is 0. The summed E-state index contributed by atoms with van der Waals surface area (Å²) in [5.41, 5.74) is 6.63. The van der Waals surface area contributed by atoms with Gasteiger partial charge in [0.2, 0.25) is 0 Å². The van der Waals surface area contributed by atoms with Crippen LogP contribution >= 0.6 is 11.3 Å². The molecule has 0 bridgehead atoms. The van der Waals surface area contributed by atoms with Crippen molar-refractivity contribution in [2.45, 2.75) is 26.4 Å². The molecule has 0 saturated heterocycles. The Balaban J connectivity index is 1.78. The van der Waals surface area contributed by atoms with Crippen LogP contribution in [0, 0.1) is 6.92 Å². The van der Waals surface area contributed by atoms with Crippen LogP contribution in [0.25, 0.3) is 28.0 Å². The van der Waals surface area contributed by atoms with Crippen molar-refractivity contribution in [1.29, 1.82) is 0 Å². The lowest BCUT2D eigenvalue weighted by Gasteiger charge is -2.18. The Morgan fingerprint density at radius 1 is 1.04 bits per heavy atom. The minimum Gasteiger partial charge on any atom is -0.386 e. The number of aryl methyl sites for hydroxylation is 1. The molecule has 0 aliphatic carbocycles. The van der Waals surface area contributed by atoms with Crippen molar-refractivity contribution >= 4 is 17.0 Å². The van der Waals surface area contributed by atoms with Crippen LogP contribution in [0.2, 0.25) is 0 Å². The maximum Gasteiger partial charge on any atom is 0.137 e. The van der Waals surface area contributed by atoms with Gasteiger partial charge in [-0.25, -0.2) is 4.98 Å². The third-order valence-electron chi connectivity index (χ3n) is 4.48. The molecule has 0 amide bonds. The Kier molecular flexibility index (Phi) is 3.74. The average Bonchev–Trinajstić information content (AvgIpc) is 3.18. The third-order valence-corrected chi connectivity index (χ3v) is 5.35. The van der Waals surface area contributed by atoms with Gasteiger partial charge in [0.15, 0.2) is 0 Å². The molecule has 0 unspecified atom stereocenters. The number of hydrogen-bond acceptors (Lipinski definition) is 3. The van der Waals surface area contributed by atoms with Gasteiger partial charge in [0.05, 0.1) is 11.3 Å². The summed E-state index contributed by atoms with van der Waals surface area (Å²) in [4.78, 5) is 4.74. The lowest BCUT2D eigenvalue weighted by Crippen LogP contribution is -2.15. The van der Waals surface area contributed by atoms with E-state index in [0.29, 0.717) is 0 Å². The molecule has 1 aromatic carbocycles. The van der Waals surface area contributed by atoms with Crippen molar-refractivity contribution < 1.29 is 5.11 Å². The second-order valence-electron chi connectivity index (χ2n) is 6.92. The van der Waals surface area contributed by atoms with Crippen molar-refractivity contribution in [1.82, 2.24) is 9.38 Å². The fourth-order valence-electron chi connectivity index (χ4n) is 2.99. The number of fused-ring (bicyclic) bond motifs is 1. The average molecular weight is 348 g/mol. The monoisotopic (exact) mass is 348 g/mol. The van der Waals surface area contributed by atoms with Crippen molar-refractivity contribution in [2.75, 3.05) is 0 Å².